The highest BCUT2D eigenvalue weighted by molar-refractivity contribution is 8.00. The molecule has 5 nitrogen and oxygen atoms in total. The molecule has 1 unspecified atom stereocenters. The summed E-state index contributed by atoms with van der Waals surface area (Å²) in [6, 6.07) is 32.0. The van der Waals surface area contributed by atoms with Crippen LogP contribution in [0.15, 0.2) is 108 Å². The molecule has 36 heavy (non-hydrogen) atoms. The first kappa shape index (κ1) is 25.1. The Bertz CT molecular complexity index is 1320. The summed E-state index contributed by atoms with van der Waals surface area (Å²) in [6.45, 7) is 4.43. The maximum absolute atomic E-state index is 13.4. The molecule has 4 aromatic rings. The molecule has 0 saturated heterocycles. The molecule has 6 heteroatoms. The molecule has 0 radical (unpaired) electrons. The van der Waals surface area contributed by atoms with Gasteiger partial charge in [-0.15, -0.1) is 11.8 Å². The van der Waals surface area contributed by atoms with Gasteiger partial charge in [-0.1, -0.05) is 54.6 Å². The Balaban J connectivity index is 1.52. The number of anilines is 2. The third-order valence-electron chi connectivity index (χ3n) is 5.51. The van der Waals surface area contributed by atoms with E-state index in [0.717, 1.165) is 21.8 Å². The molecular formula is C30H28N2O3S. The molecule has 0 heterocycles. The van der Waals surface area contributed by atoms with Crippen LogP contribution in [0.1, 0.15) is 33.7 Å². The SMILES string of the molecule is CCOc1ccc(NC(=O)C(Sc2cccc(NC(=O)c3ccccc3C)c2)c2ccccc2)cc1. The van der Waals surface area contributed by atoms with E-state index in [9.17, 15) is 9.59 Å². The van der Waals surface area contributed by atoms with Crippen molar-refractivity contribution < 1.29 is 14.3 Å². The first-order chi connectivity index (χ1) is 17.5. The minimum absolute atomic E-state index is 0.135. The Kier molecular flexibility index (Phi) is 8.42. The van der Waals surface area contributed by atoms with Crippen LogP contribution in [-0.2, 0) is 4.79 Å². The second kappa shape index (κ2) is 12.1. The minimum atomic E-state index is -0.486. The summed E-state index contributed by atoms with van der Waals surface area (Å²) in [5, 5.41) is 5.51. The smallest absolute Gasteiger partial charge is 0.255 e. The number of hydrogen-bond acceptors (Lipinski definition) is 4. The van der Waals surface area contributed by atoms with E-state index < -0.39 is 5.25 Å². The van der Waals surface area contributed by atoms with Gasteiger partial charge in [0, 0.05) is 21.8 Å². The number of carbonyl (C=O) groups is 2. The van der Waals surface area contributed by atoms with Gasteiger partial charge < -0.3 is 15.4 Å². The molecule has 0 saturated carbocycles. The number of rotatable bonds is 9. The Morgan fingerprint density at radius 3 is 2.25 bits per heavy atom. The number of thioether (sulfide) groups is 1. The lowest BCUT2D eigenvalue weighted by Crippen LogP contribution is -2.19. The standard InChI is InChI=1S/C30H28N2O3S/c1-3-35-25-18-16-23(17-19-25)31-30(34)28(22-11-5-4-6-12-22)36-26-14-9-13-24(20-26)32-29(33)27-15-8-7-10-21(27)2/h4-20,28H,3H2,1-2H3,(H,31,34)(H,32,33). The van der Waals surface area contributed by atoms with Crippen LogP contribution in [0.2, 0.25) is 0 Å². The Morgan fingerprint density at radius 1 is 0.806 bits per heavy atom. The summed E-state index contributed by atoms with van der Waals surface area (Å²) in [5.74, 6) is 0.460. The lowest BCUT2D eigenvalue weighted by atomic mass is 10.1. The van der Waals surface area contributed by atoms with Crippen LogP contribution >= 0.6 is 11.8 Å². The van der Waals surface area contributed by atoms with Crippen molar-refractivity contribution in [2.75, 3.05) is 17.2 Å². The number of aryl methyl sites for hydroxylation is 1. The molecule has 4 rings (SSSR count). The van der Waals surface area contributed by atoms with Gasteiger partial charge in [-0.3, -0.25) is 9.59 Å². The first-order valence-electron chi connectivity index (χ1n) is 11.8. The number of carbonyl (C=O) groups excluding carboxylic acids is 2. The average molecular weight is 497 g/mol. The van der Waals surface area contributed by atoms with Gasteiger partial charge in [0.25, 0.3) is 5.91 Å². The number of amides is 2. The molecule has 2 amide bonds. The van der Waals surface area contributed by atoms with Crippen molar-refractivity contribution in [3.05, 3.63) is 120 Å². The third-order valence-corrected chi connectivity index (χ3v) is 6.76. The second-order valence-electron chi connectivity index (χ2n) is 8.15. The van der Waals surface area contributed by atoms with E-state index in [-0.39, 0.29) is 11.8 Å². The van der Waals surface area contributed by atoms with Crippen LogP contribution < -0.4 is 15.4 Å². The van der Waals surface area contributed by atoms with Crippen molar-refractivity contribution in [3.63, 3.8) is 0 Å². The summed E-state index contributed by atoms with van der Waals surface area (Å²) < 4.78 is 5.49. The van der Waals surface area contributed by atoms with E-state index in [1.807, 2.05) is 111 Å². The largest absolute Gasteiger partial charge is 0.494 e. The van der Waals surface area contributed by atoms with Crippen LogP contribution in [0.5, 0.6) is 5.75 Å². The van der Waals surface area contributed by atoms with Crippen LogP contribution in [0.4, 0.5) is 11.4 Å². The van der Waals surface area contributed by atoms with Crippen molar-refractivity contribution in [2.24, 2.45) is 0 Å². The van der Waals surface area contributed by atoms with Gasteiger partial charge in [0.2, 0.25) is 5.91 Å². The van der Waals surface area contributed by atoms with Gasteiger partial charge in [0.1, 0.15) is 11.0 Å². The van der Waals surface area contributed by atoms with E-state index in [1.165, 1.54) is 11.8 Å². The predicted molar refractivity (Wildman–Crippen MR) is 147 cm³/mol. The first-order valence-corrected chi connectivity index (χ1v) is 12.6. The van der Waals surface area contributed by atoms with E-state index >= 15 is 0 Å². The quantitative estimate of drug-likeness (QED) is 0.242. The number of benzene rings is 4. The van der Waals surface area contributed by atoms with E-state index in [0.29, 0.717) is 23.5 Å². The van der Waals surface area contributed by atoms with Crippen LogP contribution in [0.25, 0.3) is 0 Å². The zero-order valence-corrected chi connectivity index (χ0v) is 21.0. The Hall–Kier alpha value is -4.03. The summed E-state index contributed by atoms with van der Waals surface area (Å²) in [6.07, 6.45) is 0. The second-order valence-corrected chi connectivity index (χ2v) is 9.33. The van der Waals surface area contributed by atoms with Gasteiger partial charge in [0.15, 0.2) is 0 Å². The molecule has 4 aromatic carbocycles. The fraction of sp³-hybridized carbons (Fsp3) is 0.133. The van der Waals surface area contributed by atoms with E-state index in [1.54, 1.807) is 6.07 Å². The maximum atomic E-state index is 13.4. The average Bonchev–Trinajstić information content (AvgIpc) is 2.89. The zero-order chi connectivity index (χ0) is 25.3. The van der Waals surface area contributed by atoms with E-state index in [4.69, 9.17) is 4.74 Å². The van der Waals surface area contributed by atoms with Gasteiger partial charge in [-0.05, 0) is 73.5 Å². The molecule has 2 N–H and O–H groups in total. The molecule has 0 aliphatic heterocycles. The lowest BCUT2D eigenvalue weighted by molar-refractivity contribution is -0.115. The molecule has 1 atom stereocenters. The normalized spacial score (nSPS) is 11.4. The maximum Gasteiger partial charge on any atom is 0.255 e. The highest BCUT2D eigenvalue weighted by Gasteiger charge is 2.22. The Morgan fingerprint density at radius 2 is 1.53 bits per heavy atom. The van der Waals surface area contributed by atoms with Gasteiger partial charge >= 0.3 is 0 Å². The van der Waals surface area contributed by atoms with Crippen LogP contribution in [-0.4, -0.2) is 18.4 Å². The van der Waals surface area contributed by atoms with Gasteiger partial charge in [0.05, 0.1) is 6.61 Å². The number of ether oxygens (including phenoxy) is 1. The minimum Gasteiger partial charge on any atom is -0.494 e. The molecule has 0 fully saturated rings. The highest BCUT2D eigenvalue weighted by Crippen LogP contribution is 2.37. The summed E-state index contributed by atoms with van der Waals surface area (Å²) >= 11 is 1.43. The van der Waals surface area contributed by atoms with E-state index in [2.05, 4.69) is 10.6 Å². The highest BCUT2D eigenvalue weighted by atomic mass is 32.2. The van der Waals surface area contributed by atoms with Gasteiger partial charge in [-0.2, -0.15) is 0 Å². The summed E-state index contributed by atoms with van der Waals surface area (Å²) in [5.41, 5.74) is 3.81. The van der Waals surface area contributed by atoms with Crippen LogP contribution in [0, 0.1) is 6.92 Å². The van der Waals surface area contributed by atoms with Gasteiger partial charge in [-0.25, -0.2) is 0 Å². The van der Waals surface area contributed by atoms with Crippen molar-refractivity contribution >= 4 is 35.0 Å². The molecule has 0 bridgehead atoms. The number of nitrogens with one attached hydrogen (secondary N) is 2. The van der Waals surface area contributed by atoms with Crippen molar-refractivity contribution in [1.82, 2.24) is 0 Å². The molecule has 0 aromatic heterocycles. The molecule has 0 aliphatic carbocycles. The predicted octanol–water partition coefficient (Wildman–Crippen LogP) is 7.12. The number of hydrogen-bond donors (Lipinski definition) is 2. The third kappa shape index (κ3) is 6.55. The lowest BCUT2D eigenvalue weighted by Gasteiger charge is -2.18. The summed E-state index contributed by atoms with van der Waals surface area (Å²) in [4.78, 5) is 27.0. The van der Waals surface area contributed by atoms with Crippen LogP contribution in [0.3, 0.4) is 0 Å². The zero-order valence-electron chi connectivity index (χ0n) is 20.2. The van der Waals surface area contributed by atoms with Crippen molar-refractivity contribution in [2.45, 2.75) is 24.0 Å². The molecule has 182 valence electrons. The van der Waals surface area contributed by atoms with Crippen molar-refractivity contribution in [3.8, 4) is 5.75 Å². The molecule has 0 aliphatic rings. The monoisotopic (exact) mass is 496 g/mol. The fourth-order valence-electron chi connectivity index (χ4n) is 3.72. The Labute approximate surface area is 215 Å². The summed E-state index contributed by atoms with van der Waals surface area (Å²) in [7, 11) is 0. The topological polar surface area (TPSA) is 67.4 Å². The van der Waals surface area contributed by atoms with Crippen molar-refractivity contribution in [1.29, 1.82) is 0 Å². The molecule has 0 spiro atoms. The fourth-order valence-corrected chi connectivity index (χ4v) is 4.80. The molecular weight excluding hydrogens is 468 g/mol.